The molecule has 0 radical (unpaired) electrons. The van der Waals surface area contributed by atoms with Crippen molar-refractivity contribution in [2.24, 2.45) is 5.92 Å². The van der Waals surface area contributed by atoms with Crippen LogP contribution in [0, 0.1) is 5.92 Å². The summed E-state index contributed by atoms with van der Waals surface area (Å²) in [5.74, 6) is -1.93. The first-order chi connectivity index (χ1) is 7.76. The highest BCUT2D eigenvalue weighted by Gasteiger charge is 2.29. The molecule has 0 aliphatic rings. The van der Waals surface area contributed by atoms with Crippen LogP contribution in [-0.2, 0) is 9.53 Å². The van der Waals surface area contributed by atoms with Crippen molar-refractivity contribution in [1.82, 2.24) is 5.32 Å². The summed E-state index contributed by atoms with van der Waals surface area (Å²) in [6.45, 7) is -0.178. The lowest BCUT2D eigenvalue weighted by Crippen LogP contribution is -2.35. The van der Waals surface area contributed by atoms with E-state index in [1.54, 1.807) is 6.92 Å². The van der Waals surface area contributed by atoms with Gasteiger partial charge in [-0.15, -0.1) is 0 Å². The molecule has 0 heterocycles. The molecule has 0 spiro atoms. The van der Waals surface area contributed by atoms with Crippen LogP contribution in [0.3, 0.4) is 0 Å². The summed E-state index contributed by atoms with van der Waals surface area (Å²) in [4.78, 5) is 21.4. The average molecular weight is 257 g/mol. The Balaban J connectivity index is 3.92. The molecule has 0 rings (SSSR count). The molecule has 0 saturated carbocycles. The second-order valence-corrected chi connectivity index (χ2v) is 3.40. The number of alkyl carbamates (subject to hydrolysis) is 1. The van der Waals surface area contributed by atoms with Crippen molar-refractivity contribution >= 4 is 12.1 Å². The summed E-state index contributed by atoms with van der Waals surface area (Å²) in [5, 5.41) is 10.7. The smallest absolute Gasteiger partial charge is 0.422 e. The maximum Gasteiger partial charge on any atom is 0.422 e. The summed E-state index contributed by atoms with van der Waals surface area (Å²) < 4.78 is 38.8. The van der Waals surface area contributed by atoms with Crippen LogP contribution < -0.4 is 5.32 Å². The van der Waals surface area contributed by atoms with E-state index in [1.165, 1.54) is 0 Å². The first-order valence-corrected chi connectivity index (χ1v) is 4.96. The van der Waals surface area contributed by atoms with E-state index in [2.05, 4.69) is 4.74 Å². The van der Waals surface area contributed by atoms with Gasteiger partial charge in [0.05, 0.1) is 5.92 Å². The van der Waals surface area contributed by atoms with Crippen molar-refractivity contribution in [3.05, 3.63) is 0 Å². The van der Waals surface area contributed by atoms with Crippen LogP contribution in [-0.4, -0.2) is 36.5 Å². The number of carboxylic acids is 1. The maximum atomic E-state index is 11.7. The molecular weight excluding hydrogens is 243 g/mol. The zero-order valence-corrected chi connectivity index (χ0v) is 9.21. The van der Waals surface area contributed by atoms with E-state index in [4.69, 9.17) is 5.11 Å². The minimum atomic E-state index is -4.59. The van der Waals surface area contributed by atoms with Gasteiger partial charge in [0.1, 0.15) is 0 Å². The van der Waals surface area contributed by atoms with Gasteiger partial charge in [0.25, 0.3) is 0 Å². The Morgan fingerprint density at radius 2 is 2.00 bits per heavy atom. The third-order valence-electron chi connectivity index (χ3n) is 1.85. The van der Waals surface area contributed by atoms with Crippen LogP contribution in [0.15, 0.2) is 0 Å². The number of rotatable bonds is 6. The van der Waals surface area contributed by atoms with Crippen molar-refractivity contribution in [2.75, 3.05) is 13.2 Å². The van der Waals surface area contributed by atoms with Gasteiger partial charge in [-0.05, 0) is 6.42 Å². The fourth-order valence-corrected chi connectivity index (χ4v) is 1.07. The van der Waals surface area contributed by atoms with Gasteiger partial charge in [-0.1, -0.05) is 13.3 Å². The SMILES string of the molecule is CCCC(CNC(=O)OCC(F)(F)F)C(=O)O. The van der Waals surface area contributed by atoms with Gasteiger partial charge < -0.3 is 15.2 Å². The van der Waals surface area contributed by atoms with Gasteiger partial charge in [-0.25, -0.2) is 4.79 Å². The molecule has 2 N–H and O–H groups in total. The summed E-state index contributed by atoms with van der Waals surface area (Å²) in [5.41, 5.74) is 0. The molecule has 0 bridgehead atoms. The molecule has 5 nitrogen and oxygen atoms in total. The number of carbonyl (C=O) groups excluding carboxylic acids is 1. The van der Waals surface area contributed by atoms with Crippen LogP contribution in [0.4, 0.5) is 18.0 Å². The zero-order valence-electron chi connectivity index (χ0n) is 9.21. The quantitative estimate of drug-likeness (QED) is 0.760. The number of ether oxygens (including phenoxy) is 1. The average Bonchev–Trinajstić information content (AvgIpc) is 2.19. The zero-order chi connectivity index (χ0) is 13.5. The number of nitrogens with one attached hydrogen (secondary N) is 1. The molecule has 1 atom stereocenters. The molecule has 0 aromatic heterocycles. The lowest BCUT2D eigenvalue weighted by Gasteiger charge is -2.13. The van der Waals surface area contributed by atoms with E-state index in [9.17, 15) is 22.8 Å². The van der Waals surface area contributed by atoms with Gasteiger partial charge in [0.15, 0.2) is 6.61 Å². The monoisotopic (exact) mass is 257 g/mol. The Hall–Kier alpha value is -1.47. The highest BCUT2D eigenvalue weighted by Crippen LogP contribution is 2.14. The van der Waals surface area contributed by atoms with Crippen molar-refractivity contribution in [3.8, 4) is 0 Å². The Kier molecular flexibility index (Phi) is 6.37. The molecule has 0 aliphatic heterocycles. The second-order valence-electron chi connectivity index (χ2n) is 3.40. The van der Waals surface area contributed by atoms with Crippen LogP contribution in [0.25, 0.3) is 0 Å². The lowest BCUT2D eigenvalue weighted by molar-refractivity contribution is -0.160. The first kappa shape index (κ1) is 15.5. The number of aliphatic carboxylic acids is 1. The van der Waals surface area contributed by atoms with Crippen LogP contribution in [0.5, 0.6) is 0 Å². The first-order valence-electron chi connectivity index (χ1n) is 4.96. The Morgan fingerprint density at radius 1 is 1.41 bits per heavy atom. The number of amides is 1. The summed E-state index contributed by atoms with van der Waals surface area (Å²) in [6.07, 6.45) is -4.94. The molecule has 0 saturated heterocycles. The van der Waals surface area contributed by atoms with Crippen molar-refractivity contribution in [3.63, 3.8) is 0 Å². The van der Waals surface area contributed by atoms with Crippen LogP contribution in [0.1, 0.15) is 19.8 Å². The standard InChI is InChI=1S/C9H14F3NO4/c1-2-3-6(7(14)15)4-13-8(16)17-5-9(10,11)12/h6H,2-5H2,1H3,(H,13,16)(H,14,15). The normalized spacial score (nSPS) is 12.9. The van der Waals surface area contributed by atoms with Crippen molar-refractivity contribution < 1.29 is 32.6 Å². The van der Waals surface area contributed by atoms with Gasteiger partial charge in [-0.3, -0.25) is 4.79 Å². The fraction of sp³-hybridized carbons (Fsp3) is 0.778. The number of halogens is 3. The molecule has 17 heavy (non-hydrogen) atoms. The minimum Gasteiger partial charge on any atom is -0.481 e. The van der Waals surface area contributed by atoms with Crippen molar-refractivity contribution in [1.29, 1.82) is 0 Å². The minimum absolute atomic E-state index is 0.250. The molecule has 1 amide bonds. The predicted molar refractivity (Wildman–Crippen MR) is 51.4 cm³/mol. The summed E-state index contributed by atoms with van der Waals surface area (Å²) >= 11 is 0. The second kappa shape index (κ2) is 6.97. The number of alkyl halides is 3. The van der Waals surface area contributed by atoms with Gasteiger partial charge in [0.2, 0.25) is 0 Å². The van der Waals surface area contributed by atoms with Gasteiger partial charge in [-0.2, -0.15) is 13.2 Å². The van der Waals surface area contributed by atoms with Crippen molar-refractivity contribution in [2.45, 2.75) is 25.9 Å². The number of hydrogen-bond acceptors (Lipinski definition) is 3. The highest BCUT2D eigenvalue weighted by atomic mass is 19.4. The summed E-state index contributed by atoms with van der Waals surface area (Å²) in [7, 11) is 0. The highest BCUT2D eigenvalue weighted by molar-refractivity contribution is 5.72. The number of carboxylic acid groups (broad SMARTS) is 1. The fourth-order valence-electron chi connectivity index (χ4n) is 1.07. The number of hydrogen-bond donors (Lipinski definition) is 2. The Labute approximate surface area is 95.9 Å². The third-order valence-corrected chi connectivity index (χ3v) is 1.85. The van der Waals surface area contributed by atoms with E-state index < -0.39 is 30.8 Å². The van der Waals surface area contributed by atoms with E-state index in [-0.39, 0.29) is 6.54 Å². The van der Waals surface area contributed by atoms with Gasteiger partial charge in [0, 0.05) is 6.54 Å². The molecular formula is C9H14F3NO4. The topological polar surface area (TPSA) is 75.6 Å². The van der Waals surface area contributed by atoms with Gasteiger partial charge >= 0.3 is 18.2 Å². The summed E-state index contributed by atoms with van der Waals surface area (Å²) in [6, 6.07) is 0. The lowest BCUT2D eigenvalue weighted by atomic mass is 10.0. The molecule has 1 unspecified atom stereocenters. The molecule has 0 aromatic rings. The molecule has 8 heteroatoms. The molecule has 0 aliphatic carbocycles. The van der Waals surface area contributed by atoms with Crippen LogP contribution >= 0.6 is 0 Å². The van der Waals surface area contributed by atoms with E-state index in [1.807, 2.05) is 5.32 Å². The third kappa shape index (κ3) is 8.35. The Bertz CT molecular complexity index is 267. The Morgan fingerprint density at radius 3 is 2.41 bits per heavy atom. The molecule has 100 valence electrons. The number of carbonyl (C=O) groups is 2. The van der Waals surface area contributed by atoms with E-state index in [0.717, 1.165) is 0 Å². The largest absolute Gasteiger partial charge is 0.481 e. The van der Waals surface area contributed by atoms with E-state index in [0.29, 0.717) is 12.8 Å². The maximum absolute atomic E-state index is 11.7. The predicted octanol–water partition coefficient (Wildman–Crippen LogP) is 1.78. The van der Waals surface area contributed by atoms with E-state index >= 15 is 0 Å². The van der Waals surface area contributed by atoms with Crippen LogP contribution in [0.2, 0.25) is 0 Å². The molecule has 0 fully saturated rings. The molecule has 0 aromatic carbocycles.